The van der Waals surface area contributed by atoms with Gasteiger partial charge in [-0.2, -0.15) is 5.10 Å². The average molecular weight is 286 g/mol. The van der Waals surface area contributed by atoms with Crippen LogP contribution in [0.5, 0.6) is 0 Å². The largest absolute Gasteiger partial charge is 0.382 e. The van der Waals surface area contributed by atoms with E-state index in [-0.39, 0.29) is 11.8 Å². The van der Waals surface area contributed by atoms with E-state index in [9.17, 15) is 4.79 Å². The van der Waals surface area contributed by atoms with Gasteiger partial charge in [-0.15, -0.1) is 11.3 Å². The lowest BCUT2D eigenvalue weighted by atomic mass is 10.1. The fourth-order valence-electron chi connectivity index (χ4n) is 2.06. The standard InChI is InChI=1S/C14H14N4OS/c1-8(2)17-12-9(13(19)11-4-3-5-20-11)6-15-14-10(12)7-16-18-14/h3-8H,1-2H3,(H2,15,16,17,18). The van der Waals surface area contributed by atoms with Gasteiger partial charge in [-0.25, -0.2) is 4.98 Å². The predicted octanol–water partition coefficient (Wildman–Crippen LogP) is 3.07. The summed E-state index contributed by atoms with van der Waals surface area (Å²) in [5.74, 6) is -0.0150. The summed E-state index contributed by atoms with van der Waals surface area (Å²) in [4.78, 5) is 17.6. The molecule has 3 aromatic heterocycles. The molecule has 0 amide bonds. The van der Waals surface area contributed by atoms with E-state index < -0.39 is 0 Å². The van der Waals surface area contributed by atoms with Crippen molar-refractivity contribution in [3.8, 4) is 0 Å². The van der Waals surface area contributed by atoms with Gasteiger partial charge in [-0.1, -0.05) is 6.07 Å². The molecule has 0 saturated heterocycles. The first kappa shape index (κ1) is 12.8. The van der Waals surface area contributed by atoms with Crippen LogP contribution in [0.25, 0.3) is 11.0 Å². The minimum atomic E-state index is -0.0150. The SMILES string of the molecule is CC(C)Nc1c(C(=O)c2cccs2)cnc2[nH]ncc12. The number of thiophene rings is 1. The van der Waals surface area contributed by atoms with Crippen LogP contribution >= 0.6 is 11.3 Å². The first-order chi connectivity index (χ1) is 9.66. The van der Waals surface area contributed by atoms with Gasteiger partial charge in [0.25, 0.3) is 0 Å². The third kappa shape index (κ3) is 2.18. The second kappa shape index (κ2) is 5.05. The van der Waals surface area contributed by atoms with E-state index in [1.807, 2.05) is 31.4 Å². The number of H-pyrrole nitrogens is 1. The molecular weight excluding hydrogens is 272 g/mol. The van der Waals surface area contributed by atoms with Crippen LogP contribution in [0.4, 0.5) is 5.69 Å². The number of aromatic nitrogens is 3. The maximum absolute atomic E-state index is 12.6. The van der Waals surface area contributed by atoms with Crippen molar-refractivity contribution < 1.29 is 4.79 Å². The number of hydrogen-bond acceptors (Lipinski definition) is 5. The second-order valence-corrected chi connectivity index (χ2v) is 5.73. The third-order valence-electron chi connectivity index (χ3n) is 2.90. The molecule has 3 rings (SSSR count). The van der Waals surface area contributed by atoms with E-state index >= 15 is 0 Å². The van der Waals surface area contributed by atoms with Crippen LogP contribution in [0.1, 0.15) is 29.1 Å². The van der Waals surface area contributed by atoms with Gasteiger partial charge in [-0.05, 0) is 25.3 Å². The van der Waals surface area contributed by atoms with Crippen molar-refractivity contribution >= 4 is 33.8 Å². The summed E-state index contributed by atoms with van der Waals surface area (Å²) in [6.07, 6.45) is 3.30. The van der Waals surface area contributed by atoms with Gasteiger partial charge in [0.15, 0.2) is 5.65 Å². The second-order valence-electron chi connectivity index (χ2n) is 4.78. The van der Waals surface area contributed by atoms with Crippen molar-refractivity contribution in [3.05, 3.63) is 40.3 Å². The molecule has 0 aromatic carbocycles. The average Bonchev–Trinajstić information content (AvgIpc) is 3.09. The Labute approximate surface area is 120 Å². The lowest BCUT2D eigenvalue weighted by molar-refractivity contribution is 0.104. The summed E-state index contributed by atoms with van der Waals surface area (Å²) >= 11 is 1.43. The molecule has 0 saturated carbocycles. The van der Waals surface area contributed by atoms with Crippen LogP contribution in [0.2, 0.25) is 0 Å². The van der Waals surface area contributed by atoms with Crippen molar-refractivity contribution in [1.82, 2.24) is 15.2 Å². The molecule has 0 fully saturated rings. The molecule has 5 nitrogen and oxygen atoms in total. The zero-order valence-electron chi connectivity index (χ0n) is 11.2. The van der Waals surface area contributed by atoms with Crippen LogP contribution < -0.4 is 5.32 Å². The highest BCUT2D eigenvalue weighted by Gasteiger charge is 2.19. The number of anilines is 1. The lowest BCUT2D eigenvalue weighted by Gasteiger charge is -2.14. The maximum Gasteiger partial charge on any atom is 0.206 e. The van der Waals surface area contributed by atoms with Crippen LogP contribution in [-0.2, 0) is 0 Å². The molecule has 2 N–H and O–H groups in total. The van der Waals surface area contributed by atoms with Crippen molar-refractivity contribution in [2.45, 2.75) is 19.9 Å². The Bertz CT molecular complexity index is 746. The van der Waals surface area contributed by atoms with Gasteiger partial charge in [0.1, 0.15) is 0 Å². The van der Waals surface area contributed by atoms with Gasteiger partial charge in [0.05, 0.1) is 27.7 Å². The fourth-order valence-corrected chi connectivity index (χ4v) is 2.73. The number of pyridine rings is 1. The maximum atomic E-state index is 12.6. The minimum absolute atomic E-state index is 0.0150. The number of fused-ring (bicyclic) bond motifs is 1. The zero-order chi connectivity index (χ0) is 14.1. The topological polar surface area (TPSA) is 70.7 Å². The number of carbonyl (C=O) groups is 1. The third-order valence-corrected chi connectivity index (χ3v) is 3.77. The van der Waals surface area contributed by atoms with Crippen LogP contribution in [0.3, 0.4) is 0 Å². The number of rotatable bonds is 4. The number of aromatic amines is 1. The smallest absolute Gasteiger partial charge is 0.206 e. The van der Waals surface area contributed by atoms with Gasteiger partial charge < -0.3 is 5.32 Å². The quantitative estimate of drug-likeness (QED) is 0.723. The minimum Gasteiger partial charge on any atom is -0.382 e. The number of nitrogens with zero attached hydrogens (tertiary/aromatic N) is 2. The first-order valence-electron chi connectivity index (χ1n) is 6.33. The summed E-state index contributed by atoms with van der Waals surface area (Å²) in [7, 11) is 0. The van der Waals surface area contributed by atoms with Gasteiger partial charge >= 0.3 is 0 Å². The molecule has 0 bridgehead atoms. The van der Waals surface area contributed by atoms with Crippen LogP contribution in [0.15, 0.2) is 29.9 Å². The van der Waals surface area contributed by atoms with E-state index in [1.54, 1.807) is 12.4 Å². The van der Waals surface area contributed by atoms with Crippen molar-refractivity contribution in [2.75, 3.05) is 5.32 Å². The highest BCUT2D eigenvalue weighted by molar-refractivity contribution is 7.12. The van der Waals surface area contributed by atoms with Gasteiger partial charge in [-0.3, -0.25) is 9.89 Å². The molecular formula is C14H14N4OS. The number of hydrogen-bond donors (Lipinski definition) is 2. The molecule has 0 unspecified atom stereocenters. The molecule has 0 spiro atoms. The van der Waals surface area contributed by atoms with Crippen molar-refractivity contribution in [1.29, 1.82) is 0 Å². The Morgan fingerprint density at radius 1 is 1.40 bits per heavy atom. The molecule has 6 heteroatoms. The normalized spacial score (nSPS) is 11.2. The predicted molar refractivity (Wildman–Crippen MR) is 80.4 cm³/mol. The lowest BCUT2D eigenvalue weighted by Crippen LogP contribution is -2.14. The molecule has 3 heterocycles. The monoisotopic (exact) mass is 286 g/mol. The highest BCUT2D eigenvalue weighted by atomic mass is 32.1. The Morgan fingerprint density at radius 2 is 2.25 bits per heavy atom. The summed E-state index contributed by atoms with van der Waals surface area (Å²) in [6.45, 7) is 4.07. The fraction of sp³-hybridized carbons (Fsp3) is 0.214. The van der Waals surface area contributed by atoms with Gasteiger partial charge in [0.2, 0.25) is 5.78 Å². The Morgan fingerprint density at radius 3 is 2.95 bits per heavy atom. The Kier molecular flexibility index (Phi) is 3.23. The molecule has 20 heavy (non-hydrogen) atoms. The van der Waals surface area contributed by atoms with E-state index in [0.717, 1.165) is 11.1 Å². The molecule has 0 atom stereocenters. The van der Waals surface area contributed by atoms with E-state index in [0.29, 0.717) is 16.1 Å². The van der Waals surface area contributed by atoms with Crippen LogP contribution in [0, 0.1) is 0 Å². The molecule has 0 aliphatic rings. The Hall–Kier alpha value is -2.21. The summed E-state index contributed by atoms with van der Waals surface area (Å²) < 4.78 is 0. The first-order valence-corrected chi connectivity index (χ1v) is 7.21. The number of ketones is 1. The zero-order valence-corrected chi connectivity index (χ0v) is 12.0. The summed E-state index contributed by atoms with van der Waals surface area (Å²) in [5, 5.41) is 12.9. The number of nitrogens with one attached hydrogen (secondary N) is 2. The highest BCUT2D eigenvalue weighted by Crippen LogP contribution is 2.28. The molecule has 0 aliphatic heterocycles. The van der Waals surface area contributed by atoms with E-state index in [4.69, 9.17) is 0 Å². The summed E-state index contributed by atoms with van der Waals surface area (Å²) in [5.41, 5.74) is 2.04. The van der Waals surface area contributed by atoms with E-state index in [1.165, 1.54) is 11.3 Å². The molecule has 0 aliphatic carbocycles. The molecule has 102 valence electrons. The van der Waals surface area contributed by atoms with Gasteiger partial charge in [0, 0.05) is 12.2 Å². The summed E-state index contributed by atoms with van der Waals surface area (Å²) in [6, 6.07) is 3.91. The van der Waals surface area contributed by atoms with Crippen molar-refractivity contribution in [3.63, 3.8) is 0 Å². The van der Waals surface area contributed by atoms with Crippen LogP contribution in [-0.4, -0.2) is 27.0 Å². The Balaban J connectivity index is 2.16. The van der Waals surface area contributed by atoms with E-state index in [2.05, 4.69) is 20.5 Å². The number of carbonyl (C=O) groups excluding carboxylic acids is 1. The molecule has 3 aromatic rings. The van der Waals surface area contributed by atoms with Crippen molar-refractivity contribution in [2.24, 2.45) is 0 Å². The molecule has 0 radical (unpaired) electrons.